The summed E-state index contributed by atoms with van der Waals surface area (Å²) >= 11 is 0. The van der Waals surface area contributed by atoms with Gasteiger partial charge in [0.05, 0.1) is 5.97 Å². The summed E-state index contributed by atoms with van der Waals surface area (Å²) in [7, 11) is 0. The number of carbonyl (C=O) groups is 1. The molecule has 0 unspecified atom stereocenters. The standard InChI is InChI=1S/C24H45NO2.Na/c1-3-5-7-9-11-13-15-17-19-21-25(23-24(26)27)22-20-18-16-14-12-10-8-6-4-2;/h11-14H,3-10,15-23H2,1-2H3,(H,26,27);/q;+1/p-1/b13-11+,14-12+;. The summed E-state index contributed by atoms with van der Waals surface area (Å²) in [5.74, 6) is -0.957. The number of unbranched alkanes of at least 4 members (excludes halogenated alkanes) is 10. The molecule has 0 spiro atoms. The second kappa shape index (κ2) is 24.9. The molecule has 0 saturated heterocycles. The fourth-order valence-electron chi connectivity index (χ4n) is 3.14. The third kappa shape index (κ3) is 23.9. The topological polar surface area (TPSA) is 43.4 Å². The van der Waals surface area contributed by atoms with Gasteiger partial charge in [0, 0.05) is 6.54 Å². The number of hydrogen-bond acceptors (Lipinski definition) is 3. The van der Waals surface area contributed by atoms with Crippen molar-refractivity contribution < 1.29 is 39.5 Å². The molecule has 0 fully saturated rings. The van der Waals surface area contributed by atoms with Crippen LogP contribution in [0.3, 0.4) is 0 Å². The first-order valence-corrected chi connectivity index (χ1v) is 11.4. The molecule has 0 N–H and O–H groups in total. The van der Waals surface area contributed by atoms with Crippen molar-refractivity contribution in [2.75, 3.05) is 19.6 Å². The molecule has 0 bridgehead atoms. The van der Waals surface area contributed by atoms with Crippen LogP contribution in [0.4, 0.5) is 0 Å². The van der Waals surface area contributed by atoms with Gasteiger partial charge in [-0.05, 0) is 77.3 Å². The quantitative estimate of drug-likeness (QED) is 0.179. The van der Waals surface area contributed by atoms with Crippen LogP contribution < -0.4 is 34.7 Å². The minimum Gasteiger partial charge on any atom is -0.549 e. The third-order valence-corrected chi connectivity index (χ3v) is 4.82. The van der Waals surface area contributed by atoms with Crippen LogP contribution in [0.15, 0.2) is 24.3 Å². The summed E-state index contributed by atoms with van der Waals surface area (Å²) in [6, 6.07) is 0. The Morgan fingerprint density at radius 2 is 1.04 bits per heavy atom. The summed E-state index contributed by atoms with van der Waals surface area (Å²) in [6.45, 7) is 6.26. The Hall–Kier alpha value is -0.0900. The number of aliphatic carboxylic acids is 1. The van der Waals surface area contributed by atoms with Crippen LogP contribution >= 0.6 is 0 Å². The van der Waals surface area contributed by atoms with E-state index in [1.165, 1.54) is 51.4 Å². The van der Waals surface area contributed by atoms with Crippen molar-refractivity contribution in [2.24, 2.45) is 0 Å². The molecule has 0 heterocycles. The molecule has 0 radical (unpaired) electrons. The monoisotopic (exact) mass is 401 g/mol. The molecule has 0 amide bonds. The maximum Gasteiger partial charge on any atom is 1.00 e. The predicted octanol–water partition coefficient (Wildman–Crippen LogP) is 2.66. The SMILES string of the molecule is CCCCC/C=C/CCCCN(CCCC/C=C/CCCCC)CC(=O)[O-].[Na+]. The maximum absolute atomic E-state index is 11.0. The van der Waals surface area contributed by atoms with E-state index < -0.39 is 5.97 Å². The Bertz CT molecular complexity index is 355. The molecule has 28 heavy (non-hydrogen) atoms. The Kier molecular flexibility index (Phi) is 26.8. The average molecular weight is 402 g/mol. The summed E-state index contributed by atoms with van der Waals surface area (Å²) in [5.41, 5.74) is 0. The van der Waals surface area contributed by atoms with Crippen LogP contribution in [-0.4, -0.2) is 30.5 Å². The van der Waals surface area contributed by atoms with Gasteiger partial charge in [-0.3, -0.25) is 4.90 Å². The van der Waals surface area contributed by atoms with Crippen LogP contribution in [-0.2, 0) is 4.79 Å². The molecule has 0 atom stereocenters. The van der Waals surface area contributed by atoms with Gasteiger partial charge in [-0.25, -0.2) is 0 Å². The number of hydrogen-bond donors (Lipinski definition) is 0. The zero-order valence-electron chi connectivity index (χ0n) is 19.1. The van der Waals surface area contributed by atoms with Gasteiger partial charge in [-0.1, -0.05) is 63.8 Å². The zero-order chi connectivity index (χ0) is 20.0. The first kappa shape index (κ1) is 30.1. The molecule has 0 rings (SSSR count). The van der Waals surface area contributed by atoms with Crippen molar-refractivity contribution in [1.82, 2.24) is 4.90 Å². The largest absolute Gasteiger partial charge is 1.00 e. The number of carboxylic acid groups (broad SMARTS) is 1. The van der Waals surface area contributed by atoms with Gasteiger partial charge in [-0.15, -0.1) is 0 Å². The molecule has 158 valence electrons. The van der Waals surface area contributed by atoms with Crippen molar-refractivity contribution in [3.05, 3.63) is 24.3 Å². The summed E-state index contributed by atoms with van der Waals surface area (Å²) in [4.78, 5) is 13.0. The minimum absolute atomic E-state index is 0. The van der Waals surface area contributed by atoms with Crippen LogP contribution in [0.1, 0.15) is 104 Å². The fourth-order valence-corrected chi connectivity index (χ4v) is 3.14. The normalized spacial score (nSPS) is 11.5. The van der Waals surface area contributed by atoms with E-state index in [-0.39, 0.29) is 36.1 Å². The number of allylic oxidation sites excluding steroid dienone is 4. The molecule has 0 aliphatic carbocycles. The van der Waals surface area contributed by atoms with Crippen molar-refractivity contribution >= 4 is 5.97 Å². The van der Waals surface area contributed by atoms with Gasteiger partial charge < -0.3 is 9.90 Å². The van der Waals surface area contributed by atoms with Crippen molar-refractivity contribution in [1.29, 1.82) is 0 Å². The second-order valence-electron chi connectivity index (χ2n) is 7.57. The fraction of sp³-hybridized carbons (Fsp3) is 0.792. The molecule has 3 nitrogen and oxygen atoms in total. The maximum atomic E-state index is 11.0. The molecular formula is C24H44NNaO2. The van der Waals surface area contributed by atoms with E-state index >= 15 is 0 Å². The van der Waals surface area contributed by atoms with Gasteiger partial charge in [0.15, 0.2) is 0 Å². The van der Waals surface area contributed by atoms with E-state index in [9.17, 15) is 9.90 Å². The average Bonchev–Trinajstić information content (AvgIpc) is 2.64. The molecule has 0 aliphatic rings. The molecule has 0 aromatic rings. The van der Waals surface area contributed by atoms with Gasteiger partial charge >= 0.3 is 29.6 Å². The van der Waals surface area contributed by atoms with Crippen LogP contribution in [0.2, 0.25) is 0 Å². The van der Waals surface area contributed by atoms with Crippen molar-refractivity contribution in [3.8, 4) is 0 Å². The summed E-state index contributed by atoms with van der Waals surface area (Å²) in [6.07, 6.45) is 25.9. The third-order valence-electron chi connectivity index (χ3n) is 4.82. The Morgan fingerprint density at radius 1 is 0.679 bits per heavy atom. The number of carbonyl (C=O) groups excluding carboxylic acids is 1. The van der Waals surface area contributed by atoms with Crippen LogP contribution in [0, 0.1) is 0 Å². The minimum atomic E-state index is -0.957. The van der Waals surface area contributed by atoms with Crippen molar-refractivity contribution in [3.63, 3.8) is 0 Å². The van der Waals surface area contributed by atoms with E-state index in [4.69, 9.17) is 0 Å². The number of nitrogens with zero attached hydrogens (tertiary/aromatic N) is 1. The molecule has 0 saturated carbocycles. The first-order valence-electron chi connectivity index (χ1n) is 11.4. The smallest absolute Gasteiger partial charge is 0.549 e. The molecule has 0 aliphatic heterocycles. The number of rotatable bonds is 20. The van der Waals surface area contributed by atoms with E-state index in [2.05, 4.69) is 38.2 Å². The number of carboxylic acids is 1. The molecule has 4 heteroatoms. The Labute approximate surface area is 197 Å². The van der Waals surface area contributed by atoms with E-state index in [0.29, 0.717) is 0 Å². The van der Waals surface area contributed by atoms with E-state index in [0.717, 1.165) is 51.6 Å². The first-order chi connectivity index (χ1) is 13.2. The molecule has 0 aromatic carbocycles. The zero-order valence-corrected chi connectivity index (χ0v) is 21.1. The predicted molar refractivity (Wildman–Crippen MR) is 116 cm³/mol. The van der Waals surface area contributed by atoms with E-state index in [1.54, 1.807) is 0 Å². The summed E-state index contributed by atoms with van der Waals surface area (Å²) < 4.78 is 0. The second-order valence-corrected chi connectivity index (χ2v) is 7.57. The summed E-state index contributed by atoms with van der Waals surface area (Å²) in [5, 5.41) is 11.0. The Morgan fingerprint density at radius 3 is 1.36 bits per heavy atom. The van der Waals surface area contributed by atoms with Gasteiger partial charge in [0.25, 0.3) is 0 Å². The van der Waals surface area contributed by atoms with Gasteiger partial charge in [0.2, 0.25) is 0 Å². The Balaban J connectivity index is 0. The van der Waals surface area contributed by atoms with Crippen LogP contribution in [0.25, 0.3) is 0 Å². The van der Waals surface area contributed by atoms with Crippen LogP contribution in [0.5, 0.6) is 0 Å². The van der Waals surface area contributed by atoms with E-state index in [1.807, 2.05) is 4.90 Å². The molecule has 0 aromatic heterocycles. The van der Waals surface area contributed by atoms with Crippen molar-refractivity contribution in [2.45, 2.75) is 104 Å². The molecular weight excluding hydrogens is 357 g/mol. The van der Waals surface area contributed by atoms with Gasteiger partial charge in [-0.2, -0.15) is 0 Å². The van der Waals surface area contributed by atoms with Gasteiger partial charge in [0.1, 0.15) is 0 Å².